The number of nitrogens with zero attached hydrogens (tertiary/aromatic N) is 2. The van der Waals surface area contributed by atoms with Gasteiger partial charge in [0.2, 0.25) is 11.8 Å². The molecule has 0 saturated carbocycles. The number of thioether (sulfide) groups is 1. The van der Waals surface area contributed by atoms with E-state index < -0.39 is 5.25 Å². The first-order valence-electron chi connectivity index (χ1n) is 11.0. The van der Waals surface area contributed by atoms with Crippen LogP contribution in [-0.2, 0) is 16.1 Å². The van der Waals surface area contributed by atoms with E-state index in [4.69, 9.17) is 27.9 Å². The summed E-state index contributed by atoms with van der Waals surface area (Å²) in [7, 11) is 0. The molecule has 1 atom stereocenters. The summed E-state index contributed by atoms with van der Waals surface area (Å²) in [5.74, 6) is 0.194. The average Bonchev–Trinajstić information content (AvgIpc) is 2.83. The highest BCUT2D eigenvalue weighted by Crippen LogP contribution is 2.32. The van der Waals surface area contributed by atoms with Gasteiger partial charge in [-0.05, 0) is 55.0 Å². The summed E-state index contributed by atoms with van der Waals surface area (Å²) >= 11 is 13.4. The van der Waals surface area contributed by atoms with Crippen molar-refractivity contribution in [1.82, 2.24) is 4.90 Å². The molecule has 4 rings (SSSR count). The van der Waals surface area contributed by atoms with E-state index in [0.29, 0.717) is 45.5 Å². The van der Waals surface area contributed by atoms with Gasteiger partial charge in [-0.3, -0.25) is 14.5 Å². The van der Waals surface area contributed by atoms with Crippen LogP contribution in [0.4, 0.5) is 11.4 Å². The maximum atomic E-state index is 13.2. The Kier molecular flexibility index (Phi) is 8.33. The minimum atomic E-state index is -0.641. The molecule has 0 aromatic heterocycles. The summed E-state index contributed by atoms with van der Waals surface area (Å²) in [6, 6.07) is 21.5. The monoisotopic (exact) mass is 527 g/mol. The van der Waals surface area contributed by atoms with Crippen LogP contribution in [-0.4, -0.2) is 33.7 Å². The summed E-state index contributed by atoms with van der Waals surface area (Å²) < 4.78 is 5.51. The molecule has 1 aliphatic rings. The Morgan fingerprint density at radius 3 is 2.60 bits per heavy atom. The zero-order valence-corrected chi connectivity index (χ0v) is 21.2. The number of aliphatic imine (C=N–C) groups is 1. The highest BCUT2D eigenvalue weighted by molar-refractivity contribution is 8.15. The number of halogens is 2. The van der Waals surface area contributed by atoms with Crippen molar-refractivity contribution in [1.29, 1.82) is 0 Å². The lowest BCUT2D eigenvalue weighted by atomic mass is 10.2. The third-order valence-corrected chi connectivity index (χ3v) is 6.81. The molecule has 0 spiro atoms. The molecule has 6 nitrogen and oxygen atoms in total. The lowest BCUT2D eigenvalue weighted by Gasteiger charge is -2.32. The number of hydrogen-bond acceptors (Lipinski definition) is 5. The zero-order valence-electron chi connectivity index (χ0n) is 18.9. The average molecular weight is 528 g/mol. The van der Waals surface area contributed by atoms with Crippen molar-refractivity contribution in [3.05, 3.63) is 88.4 Å². The van der Waals surface area contributed by atoms with Crippen LogP contribution < -0.4 is 10.1 Å². The van der Waals surface area contributed by atoms with Crippen molar-refractivity contribution < 1.29 is 14.3 Å². The third kappa shape index (κ3) is 6.78. The summed E-state index contributed by atoms with van der Waals surface area (Å²) in [5.41, 5.74) is 2.10. The molecule has 1 aliphatic heterocycles. The molecule has 35 heavy (non-hydrogen) atoms. The Balaban J connectivity index is 1.58. The molecule has 9 heteroatoms. The van der Waals surface area contributed by atoms with Crippen molar-refractivity contribution in [3.8, 4) is 5.75 Å². The van der Waals surface area contributed by atoms with E-state index in [-0.39, 0.29) is 18.2 Å². The molecule has 1 fully saturated rings. The normalized spacial score (nSPS) is 16.9. The van der Waals surface area contributed by atoms with Crippen LogP contribution in [0, 0.1) is 0 Å². The van der Waals surface area contributed by atoms with Crippen molar-refractivity contribution in [2.45, 2.75) is 25.1 Å². The molecule has 1 heterocycles. The quantitative estimate of drug-likeness (QED) is 0.378. The van der Waals surface area contributed by atoms with Gasteiger partial charge in [-0.1, -0.05) is 59.2 Å². The number of rotatable bonds is 7. The fraction of sp³-hybridized carbons (Fsp3) is 0.192. The number of hydrogen-bond donors (Lipinski definition) is 1. The second-order valence-electron chi connectivity index (χ2n) is 7.74. The van der Waals surface area contributed by atoms with Gasteiger partial charge >= 0.3 is 0 Å². The number of amidine groups is 1. The Bertz CT molecular complexity index is 1250. The molecule has 0 radical (unpaired) electrons. The fourth-order valence-electron chi connectivity index (χ4n) is 3.48. The Morgan fingerprint density at radius 1 is 1.09 bits per heavy atom. The predicted octanol–water partition coefficient (Wildman–Crippen LogP) is 6.55. The molecule has 0 aliphatic carbocycles. The molecular formula is C26H23Cl2N3O3S. The lowest BCUT2D eigenvalue weighted by Crippen LogP contribution is -2.44. The van der Waals surface area contributed by atoms with Crippen LogP contribution in [0.3, 0.4) is 0 Å². The number of carbonyl (C=O) groups excluding carboxylic acids is 2. The topological polar surface area (TPSA) is 71.0 Å². The number of ether oxygens (including phenoxy) is 1. The van der Waals surface area contributed by atoms with Crippen LogP contribution in [0.2, 0.25) is 10.0 Å². The predicted molar refractivity (Wildman–Crippen MR) is 143 cm³/mol. The first-order valence-corrected chi connectivity index (χ1v) is 12.6. The van der Waals surface area contributed by atoms with Gasteiger partial charge in [0.05, 0.1) is 18.8 Å². The number of anilines is 1. The lowest BCUT2D eigenvalue weighted by molar-refractivity contribution is -0.129. The Morgan fingerprint density at radius 2 is 1.86 bits per heavy atom. The van der Waals surface area contributed by atoms with Crippen molar-refractivity contribution in [2.75, 3.05) is 11.9 Å². The van der Waals surface area contributed by atoms with Gasteiger partial charge in [0, 0.05) is 28.2 Å². The van der Waals surface area contributed by atoms with Crippen molar-refractivity contribution in [2.24, 2.45) is 4.99 Å². The van der Waals surface area contributed by atoms with Gasteiger partial charge in [0.1, 0.15) is 11.0 Å². The van der Waals surface area contributed by atoms with Crippen molar-refractivity contribution >= 4 is 63.3 Å². The molecule has 2 amide bonds. The van der Waals surface area contributed by atoms with Gasteiger partial charge < -0.3 is 10.1 Å². The van der Waals surface area contributed by atoms with Gasteiger partial charge in [-0.25, -0.2) is 4.99 Å². The minimum Gasteiger partial charge on any atom is -0.494 e. The van der Waals surface area contributed by atoms with E-state index in [1.807, 2.05) is 25.1 Å². The van der Waals surface area contributed by atoms with Gasteiger partial charge in [0.15, 0.2) is 5.17 Å². The number of amides is 2. The maximum absolute atomic E-state index is 13.2. The van der Waals surface area contributed by atoms with Gasteiger partial charge in [-0.15, -0.1) is 0 Å². The van der Waals surface area contributed by atoms with Crippen LogP contribution in [0.25, 0.3) is 0 Å². The smallest absolute Gasteiger partial charge is 0.238 e. The number of carbonyl (C=O) groups is 2. The molecule has 0 bridgehead atoms. The van der Waals surface area contributed by atoms with Crippen LogP contribution in [0.1, 0.15) is 18.9 Å². The molecule has 1 unspecified atom stereocenters. The summed E-state index contributed by atoms with van der Waals surface area (Å²) in [4.78, 5) is 32.6. The van der Waals surface area contributed by atoms with Crippen LogP contribution in [0.5, 0.6) is 5.75 Å². The van der Waals surface area contributed by atoms with Gasteiger partial charge in [-0.2, -0.15) is 0 Å². The second-order valence-corrected chi connectivity index (χ2v) is 9.78. The zero-order chi connectivity index (χ0) is 24.8. The first kappa shape index (κ1) is 25.1. The van der Waals surface area contributed by atoms with Crippen LogP contribution >= 0.6 is 35.0 Å². The summed E-state index contributed by atoms with van der Waals surface area (Å²) in [6.07, 6.45) is 0.0454. The molecular weight excluding hydrogens is 505 g/mol. The number of nitrogens with one attached hydrogen (secondary N) is 1. The Labute approximate surface area is 218 Å². The second kappa shape index (κ2) is 11.6. The van der Waals surface area contributed by atoms with E-state index in [9.17, 15) is 9.59 Å². The largest absolute Gasteiger partial charge is 0.494 e. The van der Waals surface area contributed by atoms with Crippen molar-refractivity contribution in [3.63, 3.8) is 0 Å². The SMILES string of the molecule is CCOc1cccc(NC(=O)C2CC(=O)N(Cc3ccc(Cl)cc3)C(=Nc3cccc(Cl)c3)S2)c1. The van der Waals surface area contributed by atoms with E-state index in [2.05, 4.69) is 10.3 Å². The van der Waals surface area contributed by atoms with E-state index >= 15 is 0 Å². The van der Waals surface area contributed by atoms with E-state index in [1.165, 1.54) is 11.8 Å². The van der Waals surface area contributed by atoms with Crippen LogP contribution in [0.15, 0.2) is 77.8 Å². The summed E-state index contributed by atoms with van der Waals surface area (Å²) in [6.45, 7) is 2.73. The molecule has 180 valence electrons. The molecule has 3 aromatic rings. The van der Waals surface area contributed by atoms with E-state index in [1.54, 1.807) is 59.5 Å². The van der Waals surface area contributed by atoms with E-state index in [0.717, 1.165) is 5.56 Å². The fourth-order valence-corrected chi connectivity index (χ4v) is 4.89. The molecule has 1 N–H and O–H groups in total. The van der Waals surface area contributed by atoms with Gasteiger partial charge in [0.25, 0.3) is 0 Å². The maximum Gasteiger partial charge on any atom is 0.238 e. The summed E-state index contributed by atoms with van der Waals surface area (Å²) in [5, 5.41) is 3.84. The number of benzene rings is 3. The third-order valence-electron chi connectivity index (χ3n) is 5.13. The standard InChI is InChI=1S/C26H23Cl2N3O3S/c1-2-34-22-8-4-7-21(14-22)29-25(33)23-15-24(32)31(16-17-9-11-18(27)12-10-17)26(35-23)30-20-6-3-5-19(28)13-20/h3-14,23H,2,15-16H2,1H3,(H,29,33). The minimum absolute atomic E-state index is 0.0454. The highest BCUT2D eigenvalue weighted by atomic mass is 35.5. The molecule has 1 saturated heterocycles. The molecule has 3 aromatic carbocycles. The highest BCUT2D eigenvalue weighted by Gasteiger charge is 2.36. The Hall–Kier alpha value is -3.00. The first-order chi connectivity index (χ1) is 16.9.